The average Bonchev–Trinajstić information content (AvgIpc) is 2.83. The van der Waals surface area contributed by atoms with Gasteiger partial charge in [-0.2, -0.15) is 0 Å². The van der Waals surface area contributed by atoms with Crippen LogP contribution in [0.1, 0.15) is 24.3 Å². The van der Waals surface area contributed by atoms with Crippen LogP contribution < -0.4 is 10.6 Å². The molecule has 1 heterocycles. The average molecular weight is 274 g/mol. The van der Waals surface area contributed by atoms with Crippen molar-refractivity contribution in [3.8, 4) is 0 Å². The Morgan fingerprint density at radius 2 is 2.00 bits per heavy atom. The van der Waals surface area contributed by atoms with E-state index in [0.717, 1.165) is 29.2 Å². The highest BCUT2D eigenvalue weighted by Gasteiger charge is 2.06. The molecule has 1 amide bonds. The summed E-state index contributed by atoms with van der Waals surface area (Å²) in [6.07, 6.45) is 1.01. The minimum Gasteiger partial charge on any atom is -0.380 e. The van der Waals surface area contributed by atoms with Gasteiger partial charge in [0.1, 0.15) is 0 Å². The van der Waals surface area contributed by atoms with Crippen LogP contribution in [-0.4, -0.2) is 5.91 Å². The third-order valence-electron chi connectivity index (χ3n) is 2.89. The number of hydrogen-bond acceptors (Lipinski definition) is 3. The summed E-state index contributed by atoms with van der Waals surface area (Å²) in [5.41, 5.74) is 3.37. The SMILES string of the molecule is CCc1ccccc1NCc1sccc1NC(C)=O. The van der Waals surface area contributed by atoms with E-state index in [-0.39, 0.29) is 5.91 Å². The van der Waals surface area contributed by atoms with E-state index in [1.54, 1.807) is 11.3 Å². The van der Waals surface area contributed by atoms with Gasteiger partial charge in [0.2, 0.25) is 5.91 Å². The molecule has 2 aromatic rings. The van der Waals surface area contributed by atoms with Gasteiger partial charge >= 0.3 is 0 Å². The van der Waals surface area contributed by atoms with Crippen molar-refractivity contribution < 1.29 is 4.79 Å². The van der Waals surface area contributed by atoms with Crippen molar-refractivity contribution in [3.05, 3.63) is 46.2 Å². The molecule has 100 valence electrons. The highest BCUT2D eigenvalue weighted by Crippen LogP contribution is 2.24. The summed E-state index contributed by atoms with van der Waals surface area (Å²) in [4.78, 5) is 12.3. The van der Waals surface area contributed by atoms with Crippen LogP contribution in [0.4, 0.5) is 11.4 Å². The fourth-order valence-electron chi connectivity index (χ4n) is 1.96. The van der Waals surface area contributed by atoms with Gasteiger partial charge in [0.05, 0.1) is 12.2 Å². The summed E-state index contributed by atoms with van der Waals surface area (Å²) in [5, 5.41) is 8.28. The molecule has 0 fully saturated rings. The molecule has 0 atom stereocenters. The Bertz CT molecular complexity index is 563. The van der Waals surface area contributed by atoms with Gasteiger partial charge in [-0.3, -0.25) is 4.79 Å². The van der Waals surface area contributed by atoms with Gasteiger partial charge in [0, 0.05) is 17.5 Å². The van der Waals surface area contributed by atoms with Crippen molar-refractivity contribution >= 4 is 28.6 Å². The van der Waals surface area contributed by atoms with Crippen LogP contribution in [0.3, 0.4) is 0 Å². The quantitative estimate of drug-likeness (QED) is 0.868. The second-order valence-electron chi connectivity index (χ2n) is 4.30. The first-order valence-electron chi connectivity index (χ1n) is 6.36. The molecule has 0 saturated heterocycles. The number of thiophene rings is 1. The van der Waals surface area contributed by atoms with E-state index in [1.807, 2.05) is 17.5 Å². The monoisotopic (exact) mass is 274 g/mol. The first-order chi connectivity index (χ1) is 9.20. The first-order valence-corrected chi connectivity index (χ1v) is 7.24. The number of anilines is 2. The lowest BCUT2D eigenvalue weighted by Gasteiger charge is -2.11. The van der Waals surface area contributed by atoms with Gasteiger partial charge in [-0.25, -0.2) is 0 Å². The standard InChI is InChI=1S/C15H18N2OS/c1-3-12-6-4-5-7-13(12)16-10-15-14(8-9-19-15)17-11(2)18/h4-9,16H,3,10H2,1-2H3,(H,17,18). The minimum absolute atomic E-state index is 0.0337. The maximum atomic E-state index is 11.1. The van der Waals surface area contributed by atoms with Crippen molar-refractivity contribution in [1.29, 1.82) is 0 Å². The lowest BCUT2D eigenvalue weighted by Crippen LogP contribution is -2.08. The van der Waals surface area contributed by atoms with Crippen molar-refractivity contribution in [3.63, 3.8) is 0 Å². The number of carbonyl (C=O) groups is 1. The van der Waals surface area contributed by atoms with Gasteiger partial charge in [0.15, 0.2) is 0 Å². The second-order valence-corrected chi connectivity index (χ2v) is 5.30. The number of carbonyl (C=O) groups excluding carboxylic acids is 1. The topological polar surface area (TPSA) is 41.1 Å². The molecule has 2 rings (SSSR count). The van der Waals surface area contributed by atoms with Crippen molar-refractivity contribution in [2.45, 2.75) is 26.8 Å². The predicted molar refractivity (Wildman–Crippen MR) is 81.8 cm³/mol. The summed E-state index contributed by atoms with van der Waals surface area (Å²) in [7, 11) is 0. The normalized spacial score (nSPS) is 10.2. The van der Waals surface area contributed by atoms with Gasteiger partial charge < -0.3 is 10.6 Å². The molecule has 0 saturated carbocycles. The molecule has 0 bridgehead atoms. The number of nitrogens with one attached hydrogen (secondary N) is 2. The first kappa shape index (κ1) is 13.6. The molecular weight excluding hydrogens is 256 g/mol. The lowest BCUT2D eigenvalue weighted by atomic mass is 10.1. The predicted octanol–water partition coefficient (Wildman–Crippen LogP) is 3.88. The van der Waals surface area contributed by atoms with E-state index in [4.69, 9.17) is 0 Å². The van der Waals surface area contributed by atoms with Gasteiger partial charge in [0.25, 0.3) is 0 Å². The van der Waals surface area contributed by atoms with E-state index < -0.39 is 0 Å². The molecule has 1 aromatic carbocycles. The van der Waals surface area contributed by atoms with Gasteiger partial charge in [-0.15, -0.1) is 11.3 Å². The molecule has 2 N–H and O–H groups in total. The van der Waals surface area contributed by atoms with Gasteiger partial charge in [-0.1, -0.05) is 25.1 Å². The molecule has 0 unspecified atom stereocenters. The Morgan fingerprint density at radius 3 is 2.74 bits per heavy atom. The number of hydrogen-bond donors (Lipinski definition) is 2. The number of rotatable bonds is 5. The van der Waals surface area contributed by atoms with E-state index in [2.05, 4.69) is 35.8 Å². The number of benzene rings is 1. The summed E-state index contributed by atoms with van der Waals surface area (Å²) in [5.74, 6) is -0.0337. The fraction of sp³-hybridized carbons (Fsp3) is 0.267. The zero-order valence-electron chi connectivity index (χ0n) is 11.2. The largest absolute Gasteiger partial charge is 0.380 e. The van der Waals surface area contributed by atoms with Crippen LogP contribution in [0.5, 0.6) is 0 Å². The molecule has 1 aromatic heterocycles. The van der Waals surface area contributed by atoms with Crippen LogP contribution in [-0.2, 0) is 17.8 Å². The molecule has 19 heavy (non-hydrogen) atoms. The maximum absolute atomic E-state index is 11.1. The molecule has 0 spiro atoms. The maximum Gasteiger partial charge on any atom is 0.221 e. The van der Waals surface area contributed by atoms with Gasteiger partial charge in [-0.05, 0) is 29.5 Å². The fourth-order valence-corrected chi connectivity index (χ4v) is 2.73. The lowest BCUT2D eigenvalue weighted by molar-refractivity contribution is -0.114. The zero-order chi connectivity index (χ0) is 13.7. The third-order valence-corrected chi connectivity index (χ3v) is 3.81. The summed E-state index contributed by atoms with van der Waals surface area (Å²) in [6, 6.07) is 10.2. The summed E-state index contributed by atoms with van der Waals surface area (Å²) in [6.45, 7) is 4.40. The van der Waals surface area contributed by atoms with E-state index >= 15 is 0 Å². The third kappa shape index (κ3) is 3.58. The van der Waals surface area contributed by atoms with Crippen LogP contribution in [0, 0.1) is 0 Å². The Morgan fingerprint density at radius 1 is 1.21 bits per heavy atom. The molecule has 0 aliphatic heterocycles. The van der Waals surface area contributed by atoms with E-state index in [9.17, 15) is 4.79 Å². The Hall–Kier alpha value is -1.81. The Labute approximate surface area is 117 Å². The summed E-state index contributed by atoms with van der Waals surface area (Å²) < 4.78 is 0. The molecule has 4 heteroatoms. The molecule has 0 radical (unpaired) electrons. The Balaban J connectivity index is 2.06. The van der Waals surface area contributed by atoms with Crippen LogP contribution in [0.15, 0.2) is 35.7 Å². The number of amides is 1. The van der Waals surface area contributed by atoms with Crippen LogP contribution >= 0.6 is 11.3 Å². The highest BCUT2D eigenvalue weighted by molar-refractivity contribution is 7.10. The Kier molecular flexibility index (Phi) is 4.58. The molecular formula is C15H18N2OS. The van der Waals surface area contributed by atoms with Crippen molar-refractivity contribution in [1.82, 2.24) is 0 Å². The van der Waals surface area contributed by atoms with Crippen LogP contribution in [0.2, 0.25) is 0 Å². The van der Waals surface area contributed by atoms with E-state index in [1.165, 1.54) is 12.5 Å². The molecule has 3 nitrogen and oxygen atoms in total. The number of aryl methyl sites for hydroxylation is 1. The smallest absolute Gasteiger partial charge is 0.221 e. The molecule has 0 aliphatic rings. The molecule has 0 aliphatic carbocycles. The van der Waals surface area contributed by atoms with E-state index in [0.29, 0.717) is 0 Å². The second kappa shape index (κ2) is 6.38. The zero-order valence-corrected chi connectivity index (χ0v) is 12.0. The number of para-hydroxylation sites is 1. The van der Waals surface area contributed by atoms with Crippen molar-refractivity contribution in [2.75, 3.05) is 10.6 Å². The minimum atomic E-state index is -0.0337. The highest BCUT2D eigenvalue weighted by atomic mass is 32.1. The summed E-state index contributed by atoms with van der Waals surface area (Å²) >= 11 is 1.65. The van der Waals surface area contributed by atoms with Crippen LogP contribution in [0.25, 0.3) is 0 Å². The van der Waals surface area contributed by atoms with Crippen molar-refractivity contribution in [2.24, 2.45) is 0 Å².